The Balaban J connectivity index is 1.18. The molecule has 0 saturated carbocycles. The molecule has 0 N–H and O–H groups in total. The first-order chi connectivity index (χ1) is 12.8. The van der Waals surface area contributed by atoms with Crippen molar-refractivity contribution in [2.45, 2.75) is 38.0 Å². The van der Waals surface area contributed by atoms with Gasteiger partial charge in [0.05, 0.1) is 23.6 Å². The highest BCUT2D eigenvalue weighted by atomic mass is 16.5. The lowest BCUT2D eigenvalue weighted by molar-refractivity contribution is -0.182. The number of rotatable bonds is 7. The molecule has 0 aliphatic carbocycles. The SMILES string of the molecule is c1ccc(COCC[C@H]2CCOC3(C2)CN(Cc2ccccn2)C3)nc1. The van der Waals surface area contributed by atoms with Gasteiger partial charge in [-0.15, -0.1) is 0 Å². The molecular formula is C21H27N3O2. The average Bonchev–Trinajstić information content (AvgIpc) is 2.66. The van der Waals surface area contributed by atoms with Gasteiger partial charge in [-0.1, -0.05) is 12.1 Å². The Morgan fingerprint density at radius 1 is 1.08 bits per heavy atom. The van der Waals surface area contributed by atoms with Crippen LogP contribution in [0.4, 0.5) is 0 Å². The monoisotopic (exact) mass is 353 g/mol. The lowest BCUT2D eigenvalue weighted by Gasteiger charge is -2.53. The summed E-state index contributed by atoms with van der Waals surface area (Å²) in [5.41, 5.74) is 2.20. The van der Waals surface area contributed by atoms with Crippen LogP contribution in [0.3, 0.4) is 0 Å². The minimum atomic E-state index is 0.0681. The normalized spacial score (nSPS) is 22.2. The van der Waals surface area contributed by atoms with Gasteiger partial charge >= 0.3 is 0 Å². The standard InChI is InChI=1S/C21H27N3O2/c1-3-9-22-19(5-1)14-24-16-21(17-24)13-18(8-12-26-21)7-11-25-15-20-6-2-4-10-23-20/h1-6,9-10,18H,7-8,11-17H2/t18-/m0/s1. The number of pyridine rings is 2. The van der Waals surface area contributed by atoms with Crippen LogP contribution in [0, 0.1) is 5.92 Å². The summed E-state index contributed by atoms with van der Waals surface area (Å²) in [4.78, 5) is 11.1. The predicted octanol–water partition coefficient (Wildman–Crippen LogP) is 3.06. The van der Waals surface area contributed by atoms with Crippen LogP contribution in [-0.4, -0.2) is 46.8 Å². The number of aromatic nitrogens is 2. The summed E-state index contributed by atoms with van der Waals surface area (Å²) in [6.07, 6.45) is 7.09. The van der Waals surface area contributed by atoms with Crippen LogP contribution in [-0.2, 0) is 22.6 Å². The number of hydrogen-bond donors (Lipinski definition) is 0. The van der Waals surface area contributed by atoms with E-state index in [1.54, 1.807) is 0 Å². The number of hydrogen-bond acceptors (Lipinski definition) is 5. The van der Waals surface area contributed by atoms with Crippen molar-refractivity contribution in [3.8, 4) is 0 Å². The molecule has 1 spiro atoms. The number of nitrogens with zero attached hydrogens (tertiary/aromatic N) is 3. The highest BCUT2D eigenvalue weighted by Crippen LogP contribution is 2.38. The highest BCUT2D eigenvalue weighted by Gasteiger charge is 2.47. The predicted molar refractivity (Wildman–Crippen MR) is 99.4 cm³/mol. The third kappa shape index (κ3) is 4.47. The average molecular weight is 353 g/mol. The van der Waals surface area contributed by atoms with Crippen molar-refractivity contribution in [3.05, 3.63) is 60.2 Å². The summed E-state index contributed by atoms with van der Waals surface area (Å²) in [7, 11) is 0. The molecule has 4 heterocycles. The Bertz CT molecular complexity index is 674. The number of ether oxygens (including phenoxy) is 2. The maximum atomic E-state index is 6.16. The zero-order valence-corrected chi connectivity index (χ0v) is 15.2. The first kappa shape index (κ1) is 17.6. The molecule has 4 rings (SSSR count). The Hall–Kier alpha value is -1.82. The van der Waals surface area contributed by atoms with E-state index in [9.17, 15) is 0 Å². The van der Waals surface area contributed by atoms with Crippen LogP contribution in [0.15, 0.2) is 48.8 Å². The van der Waals surface area contributed by atoms with Crippen LogP contribution >= 0.6 is 0 Å². The van der Waals surface area contributed by atoms with Crippen LogP contribution < -0.4 is 0 Å². The van der Waals surface area contributed by atoms with Gasteiger partial charge in [-0.3, -0.25) is 14.9 Å². The molecule has 5 nitrogen and oxygen atoms in total. The highest BCUT2D eigenvalue weighted by molar-refractivity contribution is 5.07. The van der Waals surface area contributed by atoms with Crippen molar-refractivity contribution in [2.24, 2.45) is 5.92 Å². The third-order valence-corrected chi connectivity index (χ3v) is 5.38. The fourth-order valence-electron chi connectivity index (χ4n) is 4.11. The summed E-state index contributed by atoms with van der Waals surface area (Å²) < 4.78 is 12.0. The van der Waals surface area contributed by atoms with Crippen molar-refractivity contribution in [1.29, 1.82) is 0 Å². The molecule has 0 radical (unpaired) electrons. The Morgan fingerprint density at radius 2 is 1.85 bits per heavy atom. The molecule has 2 aliphatic heterocycles. The maximum absolute atomic E-state index is 6.16. The van der Waals surface area contributed by atoms with Crippen molar-refractivity contribution in [1.82, 2.24) is 14.9 Å². The van der Waals surface area contributed by atoms with Crippen molar-refractivity contribution in [2.75, 3.05) is 26.3 Å². The summed E-state index contributed by atoms with van der Waals surface area (Å²) in [6.45, 7) is 5.25. The third-order valence-electron chi connectivity index (χ3n) is 5.38. The molecule has 2 aromatic rings. The smallest absolute Gasteiger partial charge is 0.0937 e. The van der Waals surface area contributed by atoms with Gasteiger partial charge in [0.2, 0.25) is 0 Å². The van der Waals surface area contributed by atoms with E-state index in [2.05, 4.69) is 27.0 Å². The fourth-order valence-corrected chi connectivity index (χ4v) is 4.11. The van der Waals surface area contributed by atoms with Crippen molar-refractivity contribution >= 4 is 0 Å². The van der Waals surface area contributed by atoms with Crippen molar-refractivity contribution < 1.29 is 9.47 Å². The van der Waals surface area contributed by atoms with E-state index in [0.717, 1.165) is 63.5 Å². The fraction of sp³-hybridized carbons (Fsp3) is 0.524. The van der Waals surface area contributed by atoms with Gasteiger partial charge in [0.25, 0.3) is 0 Å². The molecule has 2 saturated heterocycles. The quantitative estimate of drug-likeness (QED) is 0.716. The second-order valence-corrected chi connectivity index (χ2v) is 7.52. The molecule has 138 valence electrons. The number of likely N-dealkylation sites (tertiary alicyclic amines) is 1. The Morgan fingerprint density at radius 3 is 2.58 bits per heavy atom. The molecule has 26 heavy (non-hydrogen) atoms. The van der Waals surface area contributed by atoms with E-state index in [0.29, 0.717) is 12.5 Å². The van der Waals surface area contributed by atoms with E-state index in [1.807, 2.05) is 36.7 Å². The van der Waals surface area contributed by atoms with E-state index >= 15 is 0 Å². The minimum absolute atomic E-state index is 0.0681. The van der Waals surface area contributed by atoms with Crippen LogP contribution in [0.2, 0.25) is 0 Å². The van der Waals surface area contributed by atoms with Gasteiger partial charge in [-0.2, -0.15) is 0 Å². The van der Waals surface area contributed by atoms with Crippen LogP contribution in [0.1, 0.15) is 30.7 Å². The zero-order valence-electron chi connectivity index (χ0n) is 15.2. The molecule has 0 amide bonds. The van der Waals surface area contributed by atoms with Gasteiger partial charge < -0.3 is 9.47 Å². The summed E-state index contributed by atoms with van der Waals surface area (Å²) in [5, 5.41) is 0. The second-order valence-electron chi connectivity index (χ2n) is 7.52. The van der Waals surface area contributed by atoms with E-state index in [4.69, 9.17) is 9.47 Å². The molecule has 0 bridgehead atoms. The van der Waals surface area contributed by atoms with Crippen LogP contribution in [0.5, 0.6) is 0 Å². The molecule has 0 unspecified atom stereocenters. The topological polar surface area (TPSA) is 47.5 Å². The van der Waals surface area contributed by atoms with E-state index in [1.165, 1.54) is 0 Å². The lowest BCUT2D eigenvalue weighted by Crippen LogP contribution is -2.64. The zero-order chi connectivity index (χ0) is 17.7. The lowest BCUT2D eigenvalue weighted by atomic mass is 9.79. The van der Waals surface area contributed by atoms with Gasteiger partial charge in [-0.05, 0) is 49.4 Å². The first-order valence-electron chi connectivity index (χ1n) is 9.55. The second kappa shape index (κ2) is 8.25. The van der Waals surface area contributed by atoms with Gasteiger partial charge in [0, 0.05) is 45.2 Å². The Labute approximate surface area is 155 Å². The molecule has 2 aliphatic rings. The molecule has 2 aromatic heterocycles. The summed E-state index contributed by atoms with van der Waals surface area (Å²) in [6, 6.07) is 12.0. The summed E-state index contributed by atoms with van der Waals surface area (Å²) >= 11 is 0. The maximum Gasteiger partial charge on any atom is 0.0937 e. The van der Waals surface area contributed by atoms with Gasteiger partial charge in [-0.25, -0.2) is 0 Å². The molecular weight excluding hydrogens is 326 g/mol. The first-order valence-corrected chi connectivity index (χ1v) is 9.55. The largest absolute Gasteiger partial charge is 0.375 e. The molecule has 0 aromatic carbocycles. The Kier molecular flexibility index (Phi) is 5.58. The van der Waals surface area contributed by atoms with Crippen molar-refractivity contribution in [3.63, 3.8) is 0 Å². The molecule has 1 atom stereocenters. The van der Waals surface area contributed by atoms with E-state index in [-0.39, 0.29) is 5.60 Å². The molecule has 5 heteroatoms. The van der Waals surface area contributed by atoms with Gasteiger partial charge in [0.15, 0.2) is 0 Å². The minimum Gasteiger partial charge on any atom is -0.375 e. The van der Waals surface area contributed by atoms with Crippen LogP contribution in [0.25, 0.3) is 0 Å². The molecule has 2 fully saturated rings. The van der Waals surface area contributed by atoms with Gasteiger partial charge in [0.1, 0.15) is 0 Å². The summed E-state index contributed by atoms with van der Waals surface area (Å²) in [5.74, 6) is 0.699. The van der Waals surface area contributed by atoms with E-state index < -0.39 is 0 Å².